The summed E-state index contributed by atoms with van der Waals surface area (Å²) < 4.78 is 56.9. The second-order valence-corrected chi connectivity index (χ2v) is 7.45. The number of anilines is 1. The number of aromatic nitrogens is 2. The van der Waals surface area contributed by atoms with E-state index in [2.05, 4.69) is 9.97 Å². The predicted octanol–water partition coefficient (Wildman–Crippen LogP) is 4.03. The molecule has 0 N–H and O–H groups in total. The van der Waals surface area contributed by atoms with Crippen molar-refractivity contribution in [3.05, 3.63) is 72.3 Å². The molecule has 0 aliphatic carbocycles. The number of hydrogen-bond acceptors (Lipinski definition) is 5. The van der Waals surface area contributed by atoms with Crippen LogP contribution in [0.2, 0.25) is 0 Å². The van der Waals surface area contributed by atoms with E-state index in [1.54, 1.807) is 17.0 Å². The molecule has 1 aliphatic rings. The summed E-state index contributed by atoms with van der Waals surface area (Å²) in [6.45, 7) is 1.54. The minimum absolute atomic E-state index is 0.00822. The lowest BCUT2D eigenvalue weighted by Crippen LogP contribution is -2.50. The maximum absolute atomic E-state index is 13.2. The van der Waals surface area contributed by atoms with E-state index in [1.165, 1.54) is 30.6 Å². The van der Waals surface area contributed by atoms with E-state index in [0.29, 0.717) is 37.7 Å². The topological polar surface area (TPSA) is 58.6 Å². The summed E-state index contributed by atoms with van der Waals surface area (Å²) in [5, 5.41) is 0. The van der Waals surface area contributed by atoms with Gasteiger partial charge >= 0.3 is 6.18 Å². The van der Waals surface area contributed by atoms with Crippen molar-refractivity contribution in [2.75, 3.05) is 37.7 Å². The van der Waals surface area contributed by atoms with Crippen molar-refractivity contribution in [2.45, 2.75) is 6.18 Å². The molecule has 1 aromatic heterocycles. The number of halogens is 4. The Kier molecular flexibility index (Phi) is 6.43. The molecule has 3 aromatic rings. The van der Waals surface area contributed by atoms with Crippen LogP contribution in [0.15, 0.2) is 60.9 Å². The Labute approximate surface area is 187 Å². The van der Waals surface area contributed by atoms with Crippen LogP contribution in [-0.4, -0.2) is 53.6 Å². The van der Waals surface area contributed by atoms with Crippen LogP contribution in [-0.2, 0) is 11.0 Å². The second-order valence-electron chi connectivity index (χ2n) is 7.45. The van der Waals surface area contributed by atoms with Crippen molar-refractivity contribution in [1.29, 1.82) is 0 Å². The van der Waals surface area contributed by atoms with Crippen molar-refractivity contribution in [3.8, 4) is 17.0 Å². The number of benzene rings is 2. The number of rotatable bonds is 5. The zero-order valence-electron chi connectivity index (χ0n) is 17.4. The Morgan fingerprint density at radius 2 is 1.70 bits per heavy atom. The van der Waals surface area contributed by atoms with Gasteiger partial charge in [0.25, 0.3) is 5.91 Å². The number of alkyl halides is 3. The zero-order chi connectivity index (χ0) is 23.4. The van der Waals surface area contributed by atoms with Crippen molar-refractivity contribution in [2.24, 2.45) is 0 Å². The van der Waals surface area contributed by atoms with Gasteiger partial charge in [0.2, 0.25) is 0 Å². The monoisotopic (exact) mass is 460 g/mol. The lowest BCUT2D eigenvalue weighted by atomic mass is 10.1. The molecule has 0 saturated carbocycles. The minimum atomic E-state index is -4.47. The second kappa shape index (κ2) is 9.43. The highest BCUT2D eigenvalue weighted by Gasteiger charge is 2.30. The lowest BCUT2D eigenvalue weighted by molar-refractivity contribution is -0.137. The maximum Gasteiger partial charge on any atom is 0.416 e. The largest absolute Gasteiger partial charge is 0.484 e. The number of hydrogen-bond donors (Lipinski definition) is 0. The molecule has 2 aromatic carbocycles. The van der Waals surface area contributed by atoms with Crippen molar-refractivity contribution < 1.29 is 27.1 Å². The number of ether oxygens (including phenoxy) is 1. The number of carbonyl (C=O) groups excluding carboxylic acids is 1. The van der Waals surface area contributed by atoms with Crippen LogP contribution >= 0.6 is 0 Å². The maximum atomic E-state index is 13.2. The van der Waals surface area contributed by atoms with Crippen LogP contribution in [0.25, 0.3) is 11.3 Å². The van der Waals surface area contributed by atoms with Gasteiger partial charge in [-0.3, -0.25) is 4.79 Å². The number of piperazine rings is 1. The average molecular weight is 460 g/mol. The molecule has 2 heterocycles. The Morgan fingerprint density at radius 1 is 0.970 bits per heavy atom. The molecular formula is C23H20F4N4O2. The molecule has 4 rings (SSSR count). The van der Waals surface area contributed by atoms with E-state index < -0.39 is 11.7 Å². The van der Waals surface area contributed by atoms with E-state index in [9.17, 15) is 22.4 Å². The Bertz CT molecular complexity index is 1110. The first-order chi connectivity index (χ1) is 15.8. The van der Waals surface area contributed by atoms with E-state index in [4.69, 9.17) is 4.74 Å². The van der Waals surface area contributed by atoms with Gasteiger partial charge in [-0.25, -0.2) is 14.4 Å². The van der Waals surface area contributed by atoms with E-state index in [0.717, 1.165) is 17.7 Å². The summed E-state index contributed by atoms with van der Waals surface area (Å²) in [6.07, 6.45) is -3.04. The van der Waals surface area contributed by atoms with E-state index in [-0.39, 0.29) is 24.1 Å². The molecule has 1 aliphatic heterocycles. The van der Waals surface area contributed by atoms with Crippen LogP contribution in [0.1, 0.15) is 5.56 Å². The first-order valence-corrected chi connectivity index (χ1v) is 10.2. The van der Waals surface area contributed by atoms with Crippen LogP contribution in [0.3, 0.4) is 0 Å². The highest BCUT2D eigenvalue weighted by molar-refractivity contribution is 5.78. The molecule has 33 heavy (non-hydrogen) atoms. The first kappa shape index (κ1) is 22.5. The highest BCUT2D eigenvalue weighted by Crippen LogP contribution is 2.31. The summed E-state index contributed by atoms with van der Waals surface area (Å²) in [5.74, 6) is 0.0513. The van der Waals surface area contributed by atoms with Gasteiger partial charge in [0.05, 0.1) is 11.3 Å². The Hall–Kier alpha value is -3.69. The van der Waals surface area contributed by atoms with Gasteiger partial charge in [-0.15, -0.1) is 0 Å². The molecular weight excluding hydrogens is 440 g/mol. The van der Waals surface area contributed by atoms with Gasteiger partial charge in [-0.1, -0.05) is 6.07 Å². The average Bonchev–Trinajstić information content (AvgIpc) is 2.83. The molecule has 1 fully saturated rings. The van der Waals surface area contributed by atoms with Crippen molar-refractivity contribution in [1.82, 2.24) is 14.9 Å². The van der Waals surface area contributed by atoms with Crippen LogP contribution in [0.4, 0.5) is 23.4 Å². The molecule has 0 atom stereocenters. The molecule has 0 unspecified atom stereocenters. The molecule has 172 valence electrons. The number of carbonyl (C=O) groups is 1. The number of amides is 1. The molecule has 10 heteroatoms. The van der Waals surface area contributed by atoms with Gasteiger partial charge in [0, 0.05) is 37.8 Å². The highest BCUT2D eigenvalue weighted by atomic mass is 19.4. The SMILES string of the molecule is O=C(COc1cccc(C(F)(F)F)c1)N1CCN(c2cc(-c3ccc(F)cc3)ncn2)CC1. The summed E-state index contributed by atoms with van der Waals surface area (Å²) in [7, 11) is 0. The predicted molar refractivity (Wildman–Crippen MR) is 113 cm³/mol. The normalized spacial score (nSPS) is 14.3. The summed E-state index contributed by atoms with van der Waals surface area (Å²) in [4.78, 5) is 24.6. The summed E-state index contributed by atoms with van der Waals surface area (Å²) in [6, 6.07) is 12.3. The van der Waals surface area contributed by atoms with Crippen molar-refractivity contribution in [3.63, 3.8) is 0 Å². The third kappa shape index (κ3) is 5.57. The molecule has 0 bridgehead atoms. The third-order valence-electron chi connectivity index (χ3n) is 5.27. The van der Waals surface area contributed by atoms with E-state index >= 15 is 0 Å². The van der Waals surface area contributed by atoms with Crippen LogP contribution < -0.4 is 9.64 Å². The van der Waals surface area contributed by atoms with Gasteiger partial charge in [-0.05, 0) is 42.5 Å². The zero-order valence-corrected chi connectivity index (χ0v) is 17.4. The van der Waals surface area contributed by atoms with Gasteiger partial charge in [0.1, 0.15) is 23.7 Å². The summed E-state index contributed by atoms with van der Waals surface area (Å²) >= 11 is 0. The van der Waals surface area contributed by atoms with Gasteiger partial charge in [-0.2, -0.15) is 13.2 Å². The first-order valence-electron chi connectivity index (χ1n) is 10.2. The fraction of sp³-hybridized carbons (Fsp3) is 0.261. The summed E-state index contributed by atoms with van der Waals surface area (Å²) in [5.41, 5.74) is 0.597. The molecule has 1 saturated heterocycles. The quantitative estimate of drug-likeness (QED) is 0.539. The lowest BCUT2D eigenvalue weighted by Gasteiger charge is -2.35. The Balaban J connectivity index is 1.32. The smallest absolute Gasteiger partial charge is 0.416 e. The van der Waals surface area contributed by atoms with Gasteiger partial charge in [0.15, 0.2) is 6.61 Å². The fourth-order valence-electron chi connectivity index (χ4n) is 3.48. The molecule has 6 nitrogen and oxygen atoms in total. The standard InChI is InChI=1S/C23H20F4N4O2/c24-18-6-4-16(5-7-18)20-13-21(29-15-28-20)30-8-10-31(11-9-30)22(32)14-33-19-3-1-2-17(12-19)23(25,26)27/h1-7,12-13,15H,8-11,14H2. The van der Waals surface area contributed by atoms with Crippen molar-refractivity contribution >= 4 is 11.7 Å². The van der Waals surface area contributed by atoms with E-state index in [1.807, 2.05) is 11.0 Å². The minimum Gasteiger partial charge on any atom is -0.484 e. The van der Waals surface area contributed by atoms with Crippen LogP contribution in [0.5, 0.6) is 5.75 Å². The molecule has 1 amide bonds. The van der Waals surface area contributed by atoms with Crippen LogP contribution in [0, 0.1) is 5.82 Å². The van der Waals surface area contributed by atoms with Gasteiger partial charge < -0.3 is 14.5 Å². The molecule has 0 spiro atoms. The number of nitrogens with zero attached hydrogens (tertiary/aromatic N) is 4. The Morgan fingerprint density at radius 3 is 2.39 bits per heavy atom. The third-order valence-corrected chi connectivity index (χ3v) is 5.27. The molecule has 0 radical (unpaired) electrons. The fourth-order valence-corrected chi connectivity index (χ4v) is 3.48.